The molecule has 1 atom stereocenters. The van der Waals surface area contributed by atoms with Gasteiger partial charge in [-0.2, -0.15) is 0 Å². The standard InChI is InChI=1S/C12H26O2/c1-11(2,3)7-10(13)8-14-9-12(4,5)6/h10,13H,7-9H2,1-6H3. The van der Waals surface area contributed by atoms with E-state index in [0.717, 1.165) is 6.42 Å². The largest absolute Gasteiger partial charge is 0.391 e. The summed E-state index contributed by atoms with van der Waals surface area (Å²) in [4.78, 5) is 0. The van der Waals surface area contributed by atoms with E-state index in [1.165, 1.54) is 0 Å². The smallest absolute Gasteiger partial charge is 0.0778 e. The van der Waals surface area contributed by atoms with Gasteiger partial charge in [0.25, 0.3) is 0 Å². The minimum absolute atomic E-state index is 0.171. The van der Waals surface area contributed by atoms with E-state index in [-0.39, 0.29) is 16.9 Å². The molecule has 2 heteroatoms. The Labute approximate surface area is 88.7 Å². The minimum atomic E-state index is -0.336. The fourth-order valence-corrected chi connectivity index (χ4v) is 1.27. The fraction of sp³-hybridized carbons (Fsp3) is 1.00. The number of ether oxygens (including phenoxy) is 1. The molecule has 0 aromatic rings. The molecular weight excluding hydrogens is 176 g/mol. The van der Waals surface area contributed by atoms with Crippen LogP contribution in [0.3, 0.4) is 0 Å². The van der Waals surface area contributed by atoms with Gasteiger partial charge in [-0.15, -0.1) is 0 Å². The molecule has 0 aliphatic carbocycles. The number of hydrogen-bond acceptors (Lipinski definition) is 2. The summed E-state index contributed by atoms with van der Waals surface area (Å²) in [5.74, 6) is 0. The van der Waals surface area contributed by atoms with E-state index in [9.17, 15) is 5.11 Å². The van der Waals surface area contributed by atoms with Crippen molar-refractivity contribution in [3.63, 3.8) is 0 Å². The quantitative estimate of drug-likeness (QED) is 0.759. The second-order valence-corrected chi connectivity index (χ2v) is 6.49. The van der Waals surface area contributed by atoms with Crippen LogP contribution in [-0.4, -0.2) is 24.4 Å². The molecule has 0 heterocycles. The zero-order chi connectivity index (χ0) is 11.4. The van der Waals surface area contributed by atoms with Gasteiger partial charge in [0.1, 0.15) is 0 Å². The van der Waals surface area contributed by atoms with Crippen LogP contribution in [-0.2, 0) is 4.74 Å². The molecule has 0 aliphatic rings. The molecule has 14 heavy (non-hydrogen) atoms. The van der Waals surface area contributed by atoms with Crippen molar-refractivity contribution >= 4 is 0 Å². The van der Waals surface area contributed by atoms with Gasteiger partial charge in [0.2, 0.25) is 0 Å². The highest BCUT2D eigenvalue weighted by Gasteiger charge is 2.17. The van der Waals surface area contributed by atoms with E-state index in [2.05, 4.69) is 41.5 Å². The average molecular weight is 202 g/mol. The van der Waals surface area contributed by atoms with Gasteiger partial charge >= 0.3 is 0 Å². The summed E-state index contributed by atoms with van der Waals surface area (Å²) in [5.41, 5.74) is 0.353. The third kappa shape index (κ3) is 10.0. The summed E-state index contributed by atoms with van der Waals surface area (Å²) in [6.07, 6.45) is 0.453. The number of rotatable bonds is 4. The van der Waals surface area contributed by atoms with E-state index in [1.54, 1.807) is 0 Å². The number of aliphatic hydroxyl groups is 1. The molecule has 0 radical (unpaired) electrons. The SMILES string of the molecule is CC(C)(C)COCC(O)CC(C)(C)C. The maximum absolute atomic E-state index is 9.66. The van der Waals surface area contributed by atoms with Gasteiger partial charge in [-0.25, -0.2) is 0 Å². The van der Waals surface area contributed by atoms with Crippen LogP contribution < -0.4 is 0 Å². The van der Waals surface area contributed by atoms with Crippen molar-refractivity contribution in [2.24, 2.45) is 10.8 Å². The van der Waals surface area contributed by atoms with Crippen LogP contribution in [0.1, 0.15) is 48.0 Å². The van der Waals surface area contributed by atoms with Gasteiger partial charge in [-0.1, -0.05) is 41.5 Å². The normalized spacial score (nSPS) is 15.6. The highest BCUT2D eigenvalue weighted by molar-refractivity contribution is 4.68. The molecule has 0 fully saturated rings. The molecule has 0 saturated carbocycles. The van der Waals surface area contributed by atoms with Crippen molar-refractivity contribution < 1.29 is 9.84 Å². The Morgan fingerprint density at radius 3 is 1.86 bits per heavy atom. The van der Waals surface area contributed by atoms with Crippen LogP contribution in [0.2, 0.25) is 0 Å². The second-order valence-electron chi connectivity index (χ2n) is 6.49. The third-order valence-electron chi connectivity index (χ3n) is 1.69. The highest BCUT2D eigenvalue weighted by atomic mass is 16.5. The molecule has 0 amide bonds. The van der Waals surface area contributed by atoms with Crippen LogP contribution in [0.25, 0.3) is 0 Å². The van der Waals surface area contributed by atoms with Crippen LogP contribution in [0.5, 0.6) is 0 Å². The zero-order valence-corrected chi connectivity index (χ0v) is 10.6. The Balaban J connectivity index is 3.60. The Bertz CT molecular complexity index is 151. The second kappa shape index (κ2) is 5.13. The summed E-state index contributed by atoms with van der Waals surface area (Å²) in [6.45, 7) is 13.9. The lowest BCUT2D eigenvalue weighted by molar-refractivity contribution is -0.00780. The molecule has 0 aromatic carbocycles. The van der Waals surface area contributed by atoms with E-state index in [4.69, 9.17) is 4.74 Å². The van der Waals surface area contributed by atoms with Gasteiger partial charge in [0.05, 0.1) is 19.3 Å². The molecule has 0 aromatic heterocycles. The summed E-state index contributed by atoms with van der Waals surface area (Å²) in [5, 5.41) is 9.66. The number of hydrogen-bond donors (Lipinski definition) is 1. The Morgan fingerprint density at radius 1 is 1.00 bits per heavy atom. The van der Waals surface area contributed by atoms with Crippen molar-refractivity contribution in [1.29, 1.82) is 0 Å². The van der Waals surface area contributed by atoms with Crippen molar-refractivity contribution in [2.45, 2.75) is 54.1 Å². The van der Waals surface area contributed by atoms with Crippen LogP contribution in [0.4, 0.5) is 0 Å². The minimum Gasteiger partial charge on any atom is -0.391 e. The lowest BCUT2D eigenvalue weighted by Gasteiger charge is -2.24. The molecule has 86 valence electrons. The Kier molecular flexibility index (Phi) is 5.10. The maximum Gasteiger partial charge on any atom is 0.0778 e. The molecule has 0 aliphatic heterocycles. The molecule has 1 N–H and O–H groups in total. The van der Waals surface area contributed by atoms with Crippen molar-refractivity contribution in [2.75, 3.05) is 13.2 Å². The van der Waals surface area contributed by atoms with Gasteiger partial charge in [-0.05, 0) is 17.3 Å². The van der Waals surface area contributed by atoms with Gasteiger partial charge < -0.3 is 9.84 Å². The van der Waals surface area contributed by atoms with Crippen LogP contribution in [0, 0.1) is 10.8 Å². The first kappa shape index (κ1) is 13.9. The number of aliphatic hydroxyl groups excluding tert-OH is 1. The van der Waals surface area contributed by atoms with Gasteiger partial charge in [0, 0.05) is 0 Å². The Morgan fingerprint density at radius 2 is 1.50 bits per heavy atom. The fourth-order valence-electron chi connectivity index (χ4n) is 1.27. The molecule has 1 unspecified atom stereocenters. The van der Waals surface area contributed by atoms with E-state index >= 15 is 0 Å². The van der Waals surface area contributed by atoms with Gasteiger partial charge in [-0.3, -0.25) is 0 Å². The summed E-state index contributed by atoms with van der Waals surface area (Å²) in [6, 6.07) is 0. The van der Waals surface area contributed by atoms with Gasteiger partial charge in [0.15, 0.2) is 0 Å². The topological polar surface area (TPSA) is 29.5 Å². The molecule has 0 spiro atoms. The van der Waals surface area contributed by atoms with Crippen molar-refractivity contribution in [3.05, 3.63) is 0 Å². The van der Waals surface area contributed by atoms with Crippen LogP contribution in [0.15, 0.2) is 0 Å². The van der Waals surface area contributed by atoms with Crippen molar-refractivity contribution in [3.8, 4) is 0 Å². The molecule has 0 rings (SSSR count). The first-order valence-electron chi connectivity index (χ1n) is 5.36. The predicted molar refractivity (Wildman–Crippen MR) is 60.4 cm³/mol. The monoisotopic (exact) mass is 202 g/mol. The van der Waals surface area contributed by atoms with Crippen LogP contribution >= 0.6 is 0 Å². The van der Waals surface area contributed by atoms with E-state index in [0.29, 0.717) is 13.2 Å². The summed E-state index contributed by atoms with van der Waals surface area (Å²) in [7, 11) is 0. The predicted octanol–water partition coefficient (Wildman–Crippen LogP) is 2.85. The lowest BCUT2D eigenvalue weighted by Crippen LogP contribution is -2.25. The summed E-state index contributed by atoms with van der Waals surface area (Å²) < 4.78 is 5.46. The molecule has 0 saturated heterocycles. The molecular formula is C12H26O2. The Hall–Kier alpha value is -0.0800. The average Bonchev–Trinajstić information content (AvgIpc) is 1.78. The maximum atomic E-state index is 9.66. The first-order valence-corrected chi connectivity index (χ1v) is 5.36. The summed E-state index contributed by atoms with van der Waals surface area (Å²) >= 11 is 0. The third-order valence-corrected chi connectivity index (χ3v) is 1.69. The molecule has 2 nitrogen and oxygen atoms in total. The highest BCUT2D eigenvalue weighted by Crippen LogP contribution is 2.21. The zero-order valence-electron chi connectivity index (χ0n) is 10.6. The van der Waals surface area contributed by atoms with Crippen molar-refractivity contribution in [1.82, 2.24) is 0 Å². The first-order chi connectivity index (χ1) is 6.10. The van der Waals surface area contributed by atoms with E-state index in [1.807, 2.05) is 0 Å². The molecule has 0 bridgehead atoms. The van der Waals surface area contributed by atoms with E-state index < -0.39 is 0 Å². The lowest BCUT2D eigenvalue weighted by atomic mass is 9.89.